The van der Waals surface area contributed by atoms with Gasteiger partial charge >= 0.3 is 6.03 Å². The van der Waals surface area contributed by atoms with E-state index < -0.39 is 6.03 Å². The van der Waals surface area contributed by atoms with Crippen LogP contribution in [-0.4, -0.2) is 11.7 Å². The highest BCUT2D eigenvalue weighted by molar-refractivity contribution is 6.00. The number of carbonyl (C=O) groups is 1. The van der Waals surface area contributed by atoms with Crippen molar-refractivity contribution in [3.05, 3.63) is 35.4 Å². The number of amides is 2. The molecular weight excluding hydrogens is 190 g/mol. The van der Waals surface area contributed by atoms with Crippen LogP contribution >= 0.6 is 0 Å². The van der Waals surface area contributed by atoms with Gasteiger partial charge in [0.15, 0.2) is 0 Å². The Bertz CT molecular complexity index is 368. The van der Waals surface area contributed by atoms with Crippen molar-refractivity contribution in [3.63, 3.8) is 0 Å². The largest absolute Gasteiger partial charge is 0.350 e. The average molecular weight is 205 g/mol. The maximum atomic E-state index is 10.5. The van der Waals surface area contributed by atoms with Gasteiger partial charge in [0.2, 0.25) is 0 Å². The maximum Gasteiger partial charge on any atom is 0.332 e. The molecule has 0 radical (unpaired) electrons. The molecular formula is C11H15N3O. The zero-order valence-electron chi connectivity index (χ0n) is 8.95. The van der Waals surface area contributed by atoms with E-state index in [0.29, 0.717) is 0 Å². The van der Waals surface area contributed by atoms with Gasteiger partial charge in [-0.3, -0.25) is 0 Å². The van der Waals surface area contributed by atoms with Crippen molar-refractivity contribution < 1.29 is 4.79 Å². The van der Waals surface area contributed by atoms with Gasteiger partial charge in [-0.1, -0.05) is 36.8 Å². The van der Waals surface area contributed by atoms with Crippen LogP contribution in [0.5, 0.6) is 0 Å². The molecule has 1 aromatic rings. The molecule has 0 unspecified atom stereocenters. The number of rotatable bonds is 3. The fraction of sp³-hybridized carbons (Fsp3) is 0.273. The number of nitrogens with one attached hydrogen (secondary N) is 1. The highest BCUT2D eigenvalue weighted by Crippen LogP contribution is 2.06. The van der Waals surface area contributed by atoms with Crippen LogP contribution in [0.3, 0.4) is 0 Å². The quantitative estimate of drug-likeness (QED) is 0.573. The summed E-state index contributed by atoms with van der Waals surface area (Å²) in [6.07, 6.45) is 0.739. The zero-order chi connectivity index (χ0) is 11.3. The van der Waals surface area contributed by atoms with Crippen LogP contribution in [0.1, 0.15) is 24.5 Å². The Morgan fingerprint density at radius 1 is 1.40 bits per heavy atom. The van der Waals surface area contributed by atoms with Crippen molar-refractivity contribution in [2.75, 3.05) is 0 Å². The molecule has 0 spiro atoms. The molecule has 4 heteroatoms. The van der Waals surface area contributed by atoms with Crippen LogP contribution in [0.2, 0.25) is 0 Å². The first-order chi connectivity index (χ1) is 7.13. The second-order valence-corrected chi connectivity index (χ2v) is 3.25. The number of nitrogens with two attached hydrogens (primary N) is 1. The lowest BCUT2D eigenvalue weighted by atomic mass is 10.1. The van der Waals surface area contributed by atoms with Gasteiger partial charge in [-0.15, -0.1) is 0 Å². The molecule has 0 heterocycles. The highest BCUT2D eigenvalue weighted by atomic mass is 16.2. The standard InChI is InChI=1S/C11H15N3O/c1-3-10(13-14-11(12)15)9-6-4-8(2)5-7-9/h4-7H,3H2,1-2H3,(H3,12,14,15)/b13-10+. The molecule has 4 nitrogen and oxygen atoms in total. The van der Waals surface area contributed by atoms with Crippen molar-refractivity contribution in [1.29, 1.82) is 0 Å². The molecule has 0 bridgehead atoms. The molecule has 0 saturated heterocycles. The number of hydrazone groups is 1. The first-order valence-corrected chi connectivity index (χ1v) is 4.82. The van der Waals surface area contributed by atoms with Crippen molar-refractivity contribution >= 4 is 11.7 Å². The summed E-state index contributed by atoms with van der Waals surface area (Å²) in [6, 6.07) is 7.31. The summed E-state index contributed by atoms with van der Waals surface area (Å²) in [7, 11) is 0. The van der Waals surface area contributed by atoms with E-state index in [1.54, 1.807) is 0 Å². The lowest BCUT2D eigenvalue weighted by Crippen LogP contribution is -2.25. The van der Waals surface area contributed by atoms with Gasteiger partial charge in [-0.25, -0.2) is 10.2 Å². The lowest BCUT2D eigenvalue weighted by molar-refractivity contribution is 0.249. The normalized spacial score (nSPS) is 11.2. The van der Waals surface area contributed by atoms with Gasteiger partial charge in [0.25, 0.3) is 0 Å². The fourth-order valence-corrected chi connectivity index (χ4v) is 1.22. The predicted molar refractivity (Wildman–Crippen MR) is 60.7 cm³/mol. The minimum absolute atomic E-state index is 0.645. The predicted octanol–water partition coefficient (Wildman–Crippen LogP) is 1.78. The third kappa shape index (κ3) is 3.42. The second kappa shape index (κ2) is 5.14. The molecule has 1 rings (SSSR count). The minimum Gasteiger partial charge on any atom is -0.350 e. The SMILES string of the molecule is CC/C(=N\NC(N)=O)c1ccc(C)cc1. The maximum absolute atomic E-state index is 10.5. The van der Waals surface area contributed by atoms with Gasteiger partial charge in [0.1, 0.15) is 0 Å². The van der Waals surface area contributed by atoms with Crippen LogP contribution in [0.15, 0.2) is 29.4 Å². The summed E-state index contributed by atoms with van der Waals surface area (Å²) in [5, 5.41) is 3.93. The Kier molecular flexibility index (Phi) is 3.85. The van der Waals surface area contributed by atoms with Crippen molar-refractivity contribution in [1.82, 2.24) is 5.43 Å². The Balaban J connectivity index is 2.87. The van der Waals surface area contributed by atoms with Crippen LogP contribution in [-0.2, 0) is 0 Å². The zero-order valence-corrected chi connectivity index (χ0v) is 8.95. The summed E-state index contributed by atoms with van der Waals surface area (Å²) < 4.78 is 0. The Hall–Kier alpha value is -1.84. The van der Waals surface area contributed by atoms with Crippen LogP contribution < -0.4 is 11.2 Å². The lowest BCUT2D eigenvalue weighted by Gasteiger charge is -2.04. The molecule has 1 aromatic carbocycles. The van der Waals surface area contributed by atoms with Gasteiger partial charge in [-0.05, 0) is 18.9 Å². The number of nitrogens with zero attached hydrogens (tertiary/aromatic N) is 1. The third-order valence-electron chi connectivity index (χ3n) is 2.02. The van der Waals surface area contributed by atoms with E-state index in [0.717, 1.165) is 17.7 Å². The Morgan fingerprint density at radius 3 is 2.47 bits per heavy atom. The fourth-order valence-electron chi connectivity index (χ4n) is 1.22. The molecule has 80 valence electrons. The minimum atomic E-state index is -0.645. The number of carbonyl (C=O) groups excluding carboxylic acids is 1. The number of hydrogen-bond donors (Lipinski definition) is 2. The topological polar surface area (TPSA) is 67.5 Å². The first-order valence-electron chi connectivity index (χ1n) is 4.82. The molecule has 0 aromatic heterocycles. The van der Waals surface area contributed by atoms with Gasteiger partial charge < -0.3 is 5.73 Å². The van der Waals surface area contributed by atoms with E-state index in [1.165, 1.54) is 5.56 Å². The molecule has 0 aliphatic rings. The summed E-state index contributed by atoms with van der Waals surface area (Å²) in [5.41, 5.74) is 10.2. The van der Waals surface area contributed by atoms with E-state index in [1.807, 2.05) is 38.1 Å². The van der Waals surface area contributed by atoms with Crippen molar-refractivity contribution in [2.45, 2.75) is 20.3 Å². The number of primary amides is 1. The molecule has 15 heavy (non-hydrogen) atoms. The molecule has 0 fully saturated rings. The number of urea groups is 1. The summed E-state index contributed by atoms with van der Waals surface area (Å²) in [6.45, 7) is 4.00. The van der Waals surface area contributed by atoms with E-state index in [9.17, 15) is 4.79 Å². The summed E-state index contributed by atoms with van der Waals surface area (Å²) >= 11 is 0. The van der Waals surface area contributed by atoms with Crippen LogP contribution in [0.25, 0.3) is 0 Å². The van der Waals surface area contributed by atoms with Crippen LogP contribution in [0, 0.1) is 6.92 Å². The smallest absolute Gasteiger partial charge is 0.332 e. The van der Waals surface area contributed by atoms with Crippen molar-refractivity contribution in [3.8, 4) is 0 Å². The Morgan fingerprint density at radius 2 is 2.00 bits per heavy atom. The molecule has 3 N–H and O–H groups in total. The van der Waals surface area contributed by atoms with Gasteiger partial charge in [-0.2, -0.15) is 5.10 Å². The van der Waals surface area contributed by atoms with E-state index in [4.69, 9.17) is 5.73 Å². The molecule has 0 aliphatic carbocycles. The summed E-state index contributed by atoms with van der Waals surface area (Å²) in [5.74, 6) is 0. The van der Waals surface area contributed by atoms with Crippen molar-refractivity contribution in [2.24, 2.45) is 10.8 Å². The first kappa shape index (κ1) is 11.2. The number of benzene rings is 1. The van der Waals surface area contributed by atoms with Gasteiger partial charge in [0, 0.05) is 0 Å². The molecule has 0 atom stereocenters. The number of hydrogen-bond acceptors (Lipinski definition) is 2. The third-order valence-corrected chi connectivity index (χ3v) is 2.02. The van der Waals surface area contributed by atoms with Gasteiger partial charge in [0.05, 0.1) is 5.71 Å². The number of aryl methyl sites for hydroxylation is 1. The second-order valence-electron chi connectivity index (χ2n) is 3.25. The Labute approximate surface area is 89.2 Å². The molecule has 0 aliphatic heterocycles. The molecule has 2 amide bonds. The van der Waals surface area contributed by atoms with Crippen LogP contribution in [0.4, 0.5) is 4.79 Å². The highest BCUT2D eigenvalue weighted by Gasteiger charge is 2.00. The summed E-state index contributed by atoms with van der Waals surface area (Å²) in [4.78, 5) is 10.5. The average Bonchev–Trinajstić information content (AvgIpc) is 2.21. The van der Waals surface area contributed by atoms with E-state index >= 15 is 0 Å². The monoisotopic (exact) mass is 205 g/mol. The molecule has 0 saturated carbocycles. The van der Waals surface area contributed by atoms with E-state index in [-0.39, 0.29) is 0 Å². The van der Waals surface area contributed by atoms with E-state index in [2.05, 4.69) is 10.5 Å².